The first-order chi connectivity index (χ1) is 35.4. The van der Waals surface area contributed by atoms with Crippen molar-refractivity contribution in [2.24, 2.45) is 0 Å². The Morgan fingerprint density at radius 1 is 0.703 bits per heavy atom. The average molecular weight is 1090 g/mol. The van der Waals surface area contributed by atoms with E-state index in [1.807, 2.05) is 0 Å². The van der Waals surface area contributed by atoms with Gasteiger partial charge in [0.1, 0.15) is 42.3 Å². The van der Waals surface area contributed by atoms with E-state index >= 15 is 0 Å². The SMILES string of the molecule is Nc1nc2c(ncn2[C@@H]2O[C@@H]3COP(=O)(O)OC4[C@@H](COP(=O)(O)OC3[C@@H]2O)O[C@@H](n2cnc3c(=O)[nH]c(N)nc32)[C@H]4NC(=O)CCOCCOCCOCCOCCCC(=O)CCN2C(=O)C=CC2=O)c(=O)[nH]1. The van der Waals surface area contributed by atoms with Crippen LogP contribution in [0.3, 0.4) is 0 Å². The largest absolute Gasteiger partial charge is 0.472 e. The molecule has 33 nitrogen and oxygen atoms in total. The van der Waals surface area contributed by atoms with E-state index in [4.69, 9.17) is 58.0 Å². The number of nitrogens with two attached hydrogens (primary N) is 2. The average Bonchev–Trinajstić information content (AvgIpc) is 4.16. The molecule has 8 rings (SSSR count). The maximum absolute atomic E-state index is 13.8. The molecule has 4 aliphatic rings. The molecule has 35 heteroatoms. The van der Waals surface area contributed by atoms with E-state index < -0.39 is 107 Å². The molecule has 0 bridgehead atoms. The molecular weight excluding hydrogens is 1030 g/mol. The van der Waals surface area contributed by atoms with E-state index in [-0.39, 0.29) is 112 Å². The van der Waals surface area contributed by atoms with Gasteiger partial charge in [-0.3, -0.25) is 70.9 Å². The van der Waals surface area contributed by atoms with Gasteiger partial charge < -0.3 is 60.1 Å². The number of anilines is 2. The summed E-state index contributed by atoms with van der Waals surface area (Å²) in [5.74, 6) is -2.28. The second-order valence-corrected chi connectivity index (χ2v) is 19.5. The quantitative estimate of drug-likeness (QED) is 0.0224. The van der Waals surface area contributed by atoms with Gasteiger partial charge >= 0.3 is 15.6 Å². The number of aromatic nitrogens is 8. The van der Waals surface area contributed by atoms with Crippen LogP contribution in [0.2, 0.25) is 0 Å². The number of carbonyl (C=O) groups is 4. The van der Waals surface area contributed by atoms with Crippen molar-refractivity contribution in [2.45, 2.75) is 74.7 Å². The molecule has 3 fully saturated rings. The Hall–Kier alpha value is -5.74. The van der Waals surface area contributed by atoms with E-state index in [1.54, 1.807) is 0 Å². The Labute approximate surface area is 415 Å². The molecule has 4 aliphatic heterocycles. The first-order valence-corrected chi connectivity index (χ1v) is 25.8. The number of nitrogens with one attached hydrogen (secondary N) is 3. The normalized spacial score (nSPS) is 28.4. The molecule has 404 valence electrons. The van der Waals surface area contributed by atoms with Crippen molar-refractivity contribution in [2.75, 3.05) is 84.1 Å². The van der Waals surface area contributed by atoms with Gasteiger partial charge in [-0.15, -0.1) is 0 Å². The number of imide groups is 1. The Kier molecular flexibility index (Phi) is 17.6. The molecule has 0 spiro atoms. The lowest BCUT2D eigenvalue weighted by molar-refractivity contribution is -0.137. The van der Waals surface area contributed by atoms with Crippen molar-refractivity contribution in [3.8, 4) is 0 Å². The molecule has 4 unspecified atom stereocenters. The second-order valence-electron chi connectivity index (χ2n) is 16.7. The number of hydrogen-bond acceptors (Lipinski definition) is 25. The molecule has 10 atom stereocenters. The van der Waals surface area contributed by atoms with Crippen LogP contribution in [0.4, 0.5) is 11.9 Å². The van der Waals surface area contributed by atoms with E-state index in [0.29, 0.717) is 13.0 Å². The molecule has 0 aromatic carbocycles. The molecule has 74 heavy (non-hydrogen) atoms. The summed E-state index contributed by atoms with van der Waals surface area (Å²) in [4.78, 5) is 118. The van der Waals surface area contributed by atoms with Crippen LogP contribution in [0.1, 0.15) is 38.1 Å². The van der Waals surface area contributed by atoms with Gasteiger partial charge in [-0.2, -0.15) is 9.97 Å². The first kappa shape index (κ1) is 54.5. The van der Waals surface area contributed by atoms with Crippen LogP contribution < -0.4 is 27.9 Å². The van der Waals surface area contributed by atoms with Crippen molar-refractivity contribution < 1.29 is 89.7 Å². The summed E-state index contributed by atoms with van der Waals surface area (Å²) in [5.41, 5.74) is 9.34. The van der Waals surface area contributed by atoms with E-state index in [9.17, 15) is 52.8 Å². The van der Waals surface area contributed by atoms with Crippen molar-refractivity contribution >= 4 is 73.4 Å². The Morgan fingerprint density at radius 2 is 1.19 bits per heavy atom. The summed E-state index contributed by atoms with van der Waals surface area (Å²) in [6, 6.07) is -1.49. The number of carbonyl (C=O) groups excluding carboxylic acids is 4. The zero-order chi connectivity index (χ0) is 52.7. The number of phosphoric acid groups is 2. The van der Waals surface area contributed by atoms with Crippen LogP contribution in [0, 0.1) is 0 Å². The zero-order valence-corrected chi connectivity index (χ0v) is 40.7. The number of fused-ring (bicyclic) bond motifs is 4. The molecule has 4 aromatic heterocycles. The number of H-pyrrole nitrogens is 2. The molecule has 10 N–H and O–H groups in total. The van der Waals surface area contributed by atoms with Gasteiger partial charge in [-0.1, -0.05) is 0 Å². The number of nitrogens with zero attached hydrogens (tertiary/aromatic N) is 7. The van der Waals surface area contributed by atoms with E-state index in [1.165, 1.54) is 16.7 Å². The number of ketones is 1. The van der Waals surface area contributed by atoms with Crippen LogP contribution in [0.25, 0.3) is 22.3 Å². The van der Waals surface area contributed by atoms with Gasteiger partial charge in [0.2, 0.25) is 17.8 Å². The number of imidazole rings is 2. The molecular formula is C39H52N12O21P2. The topological polar surface area (TPSA) is 450 Å². The van der Waals surface area contributed by atoms with Crippen LogP contribution >= 0.6 is 15.6 Å². The predicted molar refractivity (Wildman–Crippen MR) is 245 cm³/mol. The number of phosphoric ester groups is 2. The lowest BCUT2D eigenvalue weighted by Crippen LogP contribution is -2.48. The van der Waals surface area contributed by atoms with E-state index in [2.05, 4.69) is 35.2 Å². The van der Waals surface area contributed by atoms with Crippen LogP contribution in [-0.4, -0.2) is 192 Å². The number of rotatable bonds is 22. The third kappa shape index (κ3) is 13.2. The van der Waals surface area contributed by atoms with Crippen molar-refractivity contribution in [1.29, 1.82) is 0 Å². The van der Waals surface area contributed by atoms with Crippen molar-refractivity contribution in [1.82, 2.24) is 49.3 Å². The van der Waals surface area contributed by atoms with Crippen LogP contribution in [0.15, 0.2) is 34.4 Å². The number of amides is 3. The Morgan fingerprint density at radius 3 is 1.76 bits per heavy atom. The number of aromatic amines is 2. The standard InChI is InChI=1S/C39H52N12O21P2/c40-38-45-32-27(34(57)47-38)42-18-50(32)36-26(44-23(53)6-9-64-11-13-66-15-14-65-12-10-63-8-1-2-20(52)5-7-49-24(54)3-4-25(49)55)30-21(69-36)16-67-74(61,62)72-31-22(17-68-73(59,60)71-30)70-37(29(31)56)51-19-43-28-33(51)46-39(41)48-35(28)58/h3-4,18-19,21-22,26,29-31,36-37,56H,1-2,5-17H2,(H,44,53)(H,59,60)(H,61,62)(H3,40,45,47,57)(H3,41,46,48,58)/t21-,22-,26+,29+,30?,31?,36-,37-/m1/s1. The monoisotopic (exact) mass is 1090 g/mol. The lowest BCUT2D eigenvalue weighted by atomic mass is 10.1. The number of ether oxygens (including phenoxy) is 6. The highest BCUT2D eigenvalue weighted by Crippen LogP contribution is 2.53. The van der Waals surface area contributed by atoms with Gasteiger partial charge in [0, 0.05) is 44.6 Å². The van der Waals surface area contributed by atoms with Gasteiger partial charge in [0.05, 0.1) is 72.1 Å². The van der Waals surface area contributed by atoms with E-state index in [0.717, 1.165) is 22.1 Å². The third-order valence-electron chi connectivity index (χ3n) is 11.6. The number of hydrogen-bond donors (Lipinski definition) is 8. The van der Waals surface area contributed by atoms with Crippen molar-refractivity contribution in [3.05, 3.63) is 45.5 Å². The van der Waals surface area contributed by atoms with Gasteiger partial charge in [0.25, 0.3) is 22.9 Å². The summed E-state index contributed by atoms with van der Waals surface area (Å²) in [6.07, 6.45) is -6.58. The minimum absolute atomic E-state index is 0.0466. The van der Waals surface area contributed by atoms with Gasteiger partial charge in [0.15, 0.2) is 34.8 Å². The summed E-state index contributed by atoms with van der Waals surface area (Å²) in [6.45, 7) is -0.415. The molecule has 3 amide bonds. The maximum atomic E-state index is 13.8. The highest BCUT2D eigenvalue weighted by atomic mass is 31.2. The number of Topliss-reactive ketones (excluding diaryl/α,β-unsaturated/α-hetero) is 1. The fraction of sp³-hybridized carbons (Fsp3) is 0.590. The number of aliphatic hydroxyl groups excluding tert-OH is 1. The number of aliphatic hydroxyl groups is 1. The maximum Gasteiger partial charge on any atom is 0.472 e. The smallest absolute Gasteiger partial charge is 0.386 e. The van der Waals surface area contributed by atoms with Crippen molar-refractivity contribution in [3.63, 3.8) is 0 Å². The minimum atomic E-state index is -5.28. The molecule has 0 radical (unpaired) electrons. The molecule has 4 aromatic rings. The molecule has 3 saturated heterocycles. The Bertz CT molecular complexity index is 2930. The minimum Gasteiger partial charge on any atom is -0.386 e. The lowest BCUT2D eigenvalue weighted by Gasteiger charge is -2.29. The fourth-order valence-electron chi connectivity index (χ4n) is 8.14. The molecule has 0 saturated carbocycles. The Balaban J connectivity index is 0.827. The molecule has 8 heterocycles. The van der Waals surface area contributed by atoms with Gasteiger partial charge in [-0.05, 0) is 6.42 Å². The zero-order valence-electron chi connectivity index (χ0n) is 38.9. The fourth-order valence-corrected chi connectivity index (χ4v) is 10.1. The summed E-state index contributed by atoms with van der Waals surface area (Å²) >= 11 is 0. The highest BCUT2D eigenvalue weighted by molar-refractivity contribution is 7.47. The first-order valence-electron chi connectivity index (χ1n) is 22.8. The van der Waals surface area contributed by atoms with Gasteiger partial charge in [-0.25, -0.2) is 19.1 Å². The predicted octanol–water partition coefficient (Wildman–Crippen LogP) is -2.80. The number of nitrogen functional groups attached to an aromatic ring is 2. The third-order valence-corrected chi connectivity index (χ3v) is 13.6. The summed E-state index contributed by atoms with van der Waals surface area (Å²) in [7, 11) is -10.5. The molecule has 0 aliphatic carbocycles. The van der Waals surface area contributed by atoms with Crippen LogP contribution in [-0.2, 0) is 74.8 Å². The highest BCUT2D eigenvalue weighted by Gasteiger charge is 2.54. The summed E-state index contributed by atoms with van der Waals surface area (Å²) < 4.78 is 85.3. The summed E-state index contributed by atoms with van der Waals surface area (Å²) in [5, 5.41) is 14.0. The second kappa shape index (κ2) is 23.9. The van der Waals surface area contributed by atoms with Crippen LogP contribution in [0.5, 0.6) is 0 Å².